The summed E-state index contributed by atoms with van der Waals surface area (Å²) in [6.45, 7) is 11.0. The number of hydrogen-bond donors (Lipinski definition) is 4. The fraction of sp³-hybridized carbons (Fsp3) is 0.463. The first-order chi connectivity index (χ1) is 27.2. The zero-order valence-corrected chi connectivity index (χ0v) is 32.4. The fourth-order valence-electron chi connectivity index (χ4n) is 7.06. The number of hydrogen-bond acceptors (Lipinski definition) is 10. The van der Waals surface area contributed by atoms with E-state index in [0.29, 0.717) is 98.7 Å². The summed E-state index contributed by atoms with van der Waals surface area (Å²) in [6, 6.07) is 13.6. The molecule has 2 aromatic heterocycles. The molecule has 1 spiro atoms. The molecule has 0 radical (unpaired) electrons. The van der Waals surface area contributed by atoms with Crippen molar-refractivity contribution in [1.29, 1.82) is 0 Å². The third kappa shape index (κ3) is 10.5. The first-order valence-electron chi connectivity index (χ1n) is 19.2. The number of nitrogens with zero attached hydrogens (tertiary/aromatic N) is 4. The molecule has 0 unspecified atom stereocenters. The molecule has 3 aliphatic rings. The second-order valence-corrected chi connectivity index (χ2v) is 14.1. The van der Waals surface area contributed by atoms with Gasteiger partial charge in [-0.1, -0.05) is 38.1 Å². The van der Waals surface area contributed by atoms with Gasteiger partial charge in [0.15, 0.2) is 0 Å². The van der Waals surface area contributed by atoms with E-state index in [2.05, 4.69) is 31.9 Å². The Bertz CT molecular complexity index is 2010. The third-order valence-electron chi connectivity index (χ3n) is 10.3. The molecule has 0 bridgehead atoms. The van der Waals surface area contributed by atoms with E-state index in [1.807, 2.05) is 39.1 Å². The number of aryl methyl sites for hydroxylation is 1. The molecule has 7 rings (SSSR count). The summed E-state index contributed by atoms with van der Waals surface area (Å²) in [5.74, 6) is -0.474. The van der Waals surface area contributed by atoms with Crippen LogP contribution in [-0.4, -0.2) is 115 Å². The van der Waals surface area contributed by atoms with Crippen molar-refractivity contribution in [3.05, 3.63) is 99.0 Å². The van der Waals surface area contributed by atoms with Crippen LogP contribution in [0.4, 0.5) is 10.1 Å². The molecule has 14 nitrogen and oxygen atoms in total. The van der Waals surface area contributed by atoms with Crippen LogP contribution in [0.1, 0.15) is 65.5 Å². The van der Waals surface area contributed by atoms with Crippen molar-refractivity contribution in [3.63, 3.8) is 0 Å². The van der Waals surface area contributed by atoms with Crippen LogP contribution in [0.3, 0.4) is 0 Å². The Hall–Kier alpha value is -5.25. The molecule has 15 heteroatoms. The fourth-order valence-corrected chi connectivity index (χ4v) is 7.06. The number of aromatic amines is 1. The molecule has 4 aromatic rings. The number of amides is 3. The maximum absolute atomic E-state index is 14.7. The van der Waals surface area contributed by atoms with Crippen molar-refractivity contribution in [1.82, 2.24) is 35.6 Å². The Morgan fingerprint density at radius 2 is 1.73 bits per heavy atom. The Morgan fingerprint density at radius 1 is 1.04 bits per heavy atom. The Morgan fingerprint density at radius 3 is 2.41 bits per heavy atom. The van der Waals surface area contributed by atoms with Gasteiger partial charge in [-0.3, -0.25) is 24.2 Å². The number of ether oxygens (including phenoxy) is 2. The van der Waals surface area contributed by atoms with E-state index >= 15 is 0 Å². The van der Waals surface area contributed by atoms with Crippen LogP contribution in [0.15, 0.2) is 59.5 Å². The van der Waals surface area contributed by atoms with Gasteiger partial charge in [-0.2, -0.15) is 5.10 Å². The van der Waals surface area contributed by atoms with Gasteiger partial charge in [-0.15, -0.1) is 0 Å². The number of fused-ring (bicyclic) bond motifs is 1. The number of piperazine rings is 1. The second kappa shape index (κ2) is 20.1. The van der Waals surface area contributed by atoms with Crippen LogP contribution in [0, 0.1) is 18.2 Å². The number of carbonyl (C=O) groups excluding carboxylic acids is 3. The number of nitrogens with two attached hydrogens (primary N) is 1. The lowest BCUT2D eigenvalue weighted by atomic mass is 9.59. The average Bonchev–Trinajstić information content (AvgIpc) is 3.19. The third-order valence-corrected chi connectivity index (χ3v) is 10.3. The molecule has 2 aromatic carbocycles. The quantitative estimate of drug-likeness (QED) is 0.116. The Kier molecular flexibility index (Phi) is 15.0. The number of anilines is 1. The standard InChI is InChI=1S/C27H31FN6O5.C12H16N2O.C2H6/c28-23-6-5-19(16-24-20-3-1-2-4-21(20)26(37)32-31-24)15-22(23)27(38)34-11-9-33(10-12-34)25(36)17-29-7-13-39-14-8-30-18-35;1-8-11(13)2-9(5-14-8)10-3-12(4-10)6-15-7-12;1-2/h1-6,15,18,29H,7-14,16-17H2,(H,30,35)(H,32,37);2,5,10H,3-4,6-7,13H2,1H3;1-2H3. The molecule has 56 heavy (non-hydrogen) atoms. The van der Waals surface area contributed by atoms with Gasteiger partial charge in [0, 0.05) is 62.7 Å². The second-order valence-electron chi connectivity index (χ2n) is 14.1. The zero-order valence-electron chi connectivity index (χ0n) is 32.4. The minimum Gasteiger partial charge on any atom is -0.397 e. The topological polar surface area (TPSA) is 185 Å². The summed E-state index contributed by atoms with van der Waals surface area (Å²) < 4.78 is 25.3. The van der Waals surface area contributed by atoms with Crippen LogP contribution < -0.4 is 21.9 Å². The number of nitrogens with one attached hydrogen (secondary N) is 3. The van der Waals surface area contributed by atoms with Gasteiger partial charge >= 0.3 is 0 Å². The molecule has 1 aliphatic carbocycles. The number of benzene rings is 2. The molecule has 5 N–H and O–H groups in total. The maximum Gasteiger partial charge on any atom is 0.272 e. The number of nitrogen functional groups attached to an aromatic ring is 1. The van der Waals surface area contributed by atoms with Crippen LogP contribution in [0.5, 0.6) is 0 Å². The summed E-state index contributed by atoms with van der Waals surface area (Å²) in [4.78, 5) is 55.4. The van der Waals surface area contributed by atoms with Gasteiger partial charge in [0.25, 0.3) is 11.5 Å². The molecule has 300 valence electrons. The summed E-state index contributed by atoms with van der Waals surface area (Å²) in [7, 11) is 0. The lowest BCUT2D eigenvalue weighted by Crippen LogP contribution is -2.52. The molecule has 0 atom stereocenters. The number of H-pyrrole nitrogens is 1. The van der Waals surface area contributed by atoms with E-state index in [0.717, 1.165) is 24.6 Å². The van der Waals surface area contributed by atoms with E-state index < -0.39 is 11.7 Å². The zero-order chi connectivity index (χ0) is 40.1. The minimum atomic E-state index is -0.616. The van der Waals surface area contributed by atoms with Crippen molar-refractivity contribution in [2.75, 3.05) is 78.0 Å². The van der Waals surface area contributed by atoms with Gasteiger partial charge in [0.1, 0.15) is 5.82 Å². The van der Waals surface area contributed by atoms with Crippen molar-refractivity contribution in [3.8, 4) is 0 Å². The molecule has 2 saturated heterocycles. The Labute approximate surface area is 326 Å². The number of rotatable bonds is 13. The number of aromatic nitrogens is 3. The van der Waals surface area contributed by atoms with Crippen molar-refractivity contribution < 1.29 is 28.2 Å². The van der Waals surface area contributed by atoms with E-state index in [4.69, 9.17) is 15.2 Å². The van der Waals surface area contributed by atoms with Gasteiger partial charge in [0.2, 0.25) is 12.3 Å². The van der Waals surface area contributed by atoms with Crippen LogP contribution in [-0.2, 0) is 25.5 Å². The average molecular weight is 773 g/mol. The van der Waals surface area contributed by atoms with E-state index in [1.54, 1.807) is 28.0 Å². The molecule has 3 amide bonds. The molecule has 2 aliphatic heterocycles. The number of pyridine rings is 1. The smallest absolute Gasteiger partial charge is 0.272 e. The summed E-state index contributed by atoms with van der Waals surface area (Å²) in [5, 5.41) is 13.4. The van der Waals surface area contributed by atoms with Crippen LogP contribution in [0.25, 0.3) is 10.8 Å². The van der Waals surface area contributed by atoms with Gasteiger partial charge in [0.05, 0.1) is 61.0 Å². The molecular formula is C41H53FN8O6. The minimum absolute atomic E-state index is 0.0361. The van der Waals surface area contributed by atoms with Gasteiger partial charge < -0.3 is 35.6 Å². The first-order valence-corrected chi connectivity index (χ1v) is 19.2. The normalized spacial score (nSPS) is 15.8. The molecular weight excluding hydrogens is 719 g/mol. The van der Waals surface area contributed by atoms with Crippen molar-refractivity contribution in [2.45, 2.75) is 46.0 Å². The predicted molar refractivity (Wildman–Crippen MR) is 212 cm³/mol. The van der Waals surface area contributed by atoms with E-state index in [1.165, 1.54) is 30.5 Å². The van der Waals surface area contributed by atoms with E-state index in [9.17, 15) is 23.6 Å². The van der Waals surface area contributed by atoms with Crippen LogP contribution >= 0.6 is 0 Å². The summed E-state index contributed by atoms with van der Waals surface area (Å²) >= 11 is 0. The summed E-state index contributed by atoms with van der Waals surface area (Å²) in [6.07, 6.45) is 5.39. The summed E-state index contributed by atoms with van der Waals surface area (Å²) in [5.41, 5.74) is 10.4. The number of halogens is 1. The maximum atomic E-state index is 14.7. The number of carbonyl (C=O) groups is 3. The highest BCUT2D eigenvalue weighted by Gasteiger charge is 2.50. The monoisotopic (exact) mass is 772 g/mol. The van der Waals surface area contributed by atoms with Crippen molar-refractivity contribution >= 4 is 34.7 Å². The lowest BCUT2D eigenvalue weighted by molar-refractivity contribution is -0.164. The molecule has 4 heterocycles. The largest absolute Gasteiger partial charge is 0.397 e. The first kappa shape index (κ1) is 41.9. The van der Waals surface area contributed by atoms with Gasteiger partial charge in [-0.25, -0.2) is 9.49 Å². The van der Waals surface area contributed by atoms with Crippen LogP contribution in [0.2, 0.25) is 0 Å². The van der Waals surface area contributed by atoms with Crippen molar-refractivity contribution in [2.24, 2.45) is 5.41 Å². The van der Waals surface area contributed by atoms with Gasteiger partial charge in [-0.05, 0) is 61.1 Å². The highest BCUT2D eigenvalue weighted by molar-refractivity contribution is 5.95. The predicted octanol–water partition coefficient (Wildman–Crippen LogP) is 3.18. The molecule has 1 saturated carbocycles. The lowest BCUT2D eigenvalue weighted by Gasteiger charge is -2.53. The Balaban J connectivity index is 0.000000290. The SMILES string of the molecule is CC.Cc1ncc(C2CC3(COC3)C2)cc1N.O=CNCCOCCNCC(=O)N1CCN(C(=O)c2cc(Cc3n[nH]c(=O)c4ccccc34)ccc2F)CC1. The highest BCUT2D eigenvalue weighted by Crippen LogP contribution is 2.55. The van der Waals surface area contributed by atoms with E-state index in [-0.39, 0.29) is 23.6 Å². The highest BCUT2D eigenvalue weighted by atomic mass is 19.1. The molecule has 3 fully saturated rings.